The Balaban J connectivity index is 2.56. The van der Waals surface area contributed by atoms with Crippen molar-refractivity contribution in [3.05, 3.63) is 0 Å². The molecule has 0 heterocycles. The van der Waals surface area contributed by atoms with E-state index < -0.39 is 31.0 Å². The zero-order valence-electron chi connectivity index (χ0n) is 11.6. The van der Waals surface area contributed by atoms with Gasteiger partial charge in [-0.3, -0.25) is 9.59 Å². The van der Waals surface area contributed by atoms with Crippen molar-refractivity contribution in [2.45, 2.75) is 30.4 Å². The van der Waals surface area contributed by atoms with Crippen LogP contribution in [0.15, 0.2) is 0 Å². The maximum Gasteiger partial charge on any atom is 0.323 e. The number of primary amides is 1. The number of nitrogens with two attached hydrogens (primary N) is 1. The van der Waals surface area contributed by atoms with E-state index in [1.807, 2.05) is 6.26 Å². The molecule has 0 aromatic rings. The maximum atomic E-state index is 12.0. The Morgan fingerprint density at radius 1 is 1.30 bits per heavy atom. The van der Waals surface area contributed by atoms with E-state index in [0.717, 1.165) is 30.6 Å². The lowest BCUT2D eigenvalue weighted by atomic mass is 10.1. The summed E-state index contributed by atoms with van der Waals surface area (Å²) in [6, 6.07) is -0.563. The van der Waals surface area contributed by atoms with E-state index in [4.69, 9.17) is 10.8 Å². The number of rotatable bonds is 7. The molecule has 20 heavy (non-hydrogen) atoms. The Hall–Kier alpha value is -1.44. The van der Waals surface area contributed by atoms with Crippen LogP contribution >= 0.6 is 11.8 Å². The van der Waals surface area contributed by atoms with Crippen molar-refractivity contribution in [2.75, 3.05) is 25.9 Å². The predicted octanol–water partition coefficient (Wildman–Crippen LogP) is 0.244. The summed E-state index contributed by atoms with van der Waals surface area (Å²) in [5.74, 6) is -1.91. The van der Waals surface area contributed by atoms with E-state index in [-0.39, 0.29) is 4.75 Å². The van der Waals surface area contributed by atoms with Gasteiger partial charge in [0.1, 0.15) is 13.1 Å². The van der Waals surface area contributed by atoms with E-state index in [1.54, 1.807) is 11.8 Å². The Morgan fingerprint density at radius 2 is 1.90 bits per heavy atom. The van der Waals surface area contributed by atoms with Gasteiger partial charge in [0.05, 0.1) is 0 Å². The molecule has 7 nitrogen and oxygen atoms in total. The van der Waals surface area contributed by atoms with Gasteiger partial charge in [0, 0.05) is 11.3 Å². The second-order valence-electron chi connectivity index (χ2n) is 4.97. The minimum absolute atomic E-state index is 0.0251. The molecule has 0 atom stereocenters. The van der Waals surface area contributed by atoms with Gasteiger partial charge in [0.2, 0.25) is 5.91 Å². The zero-order valence-corrected chi connectivity index (χ0v) is 12.4. The molecule has 1 aliphatic carbocycles. The summed E-state index contributed by atoms with van der Waals surface area (Å²) in [6.07, 6.45) is 6.34. The number of amides is 3. The van der Waals surface area contributed by atoms with Crippen molar-refractivity contribution in [1.29, 1.82) is 0 Å². The molecule has 0 unspecified atom stereocenters. The van der Waals surface area contributed by atoms with Gasteiger partial charge in [-0.25, -0.2) is 4.79 Å². The van der Waals surface area contributed by atoms with Crippen molar-refractivity contribution < 1.29 is 19.5 Å². The lowest BCUT2D eigenvalue weighted by molar-refractivity contribution is -0.137. The fourth-order valence-corrected chi connectivity index (χ4v) is 3.29. The summed E-state index contributed by atoms with van der Waals surface area (Å²) in [5, 5.41) is 11.5. The predicted molar refractivity (Wildman–Crippen MR) is 76.5 cm³/mol. The van der Waals surface area contributed by atoms with Crippen LogP contribution in [0.5, 0.6) is 0 Å². The van der Waals surface area contributed by atoms with E-state index in [9.17, 15) is 14.4 Å². The molecule has 3 amide bonds. The van der Waals surface area contributed by atoms with Crippen LogP contribution < -0.4 is 11.1 Å². The molecule has 1 aliphatic rings. The van der Waals surface area contributed by atoms with Gasteiger partial charge < -0.3 is 21.1 Å². The van der Waals surface area contributed by atoms with E-state index in [1.165, 1.54) is 0 Å². The largest absolute Gasteiger partial charge is 0.480 e. The summed E-state index contributed by atoms with van der Waals surface area (Å²) < 4.78 is 0.0251. The molecule has 0 saturated heterocycles. The molecule has 0 aromatic carbocycles. The number of carboxylic acids is 1. The quantitative estimate of drug-likeness (QED) is 0.624. The van der Waals surface area contributed by atoms with Crippen LogP contribution in [0.2, 0.25) is 0 Å². The van der Waals surface area contributed by atoms with Crippen LogP contribution in [0.4, 0.5) is 4.79 Å². The fourth-order valence-electron chi connectivity index (χ4n) is 2.37. The van der Waals surface area contributed by atoms with Crippen LogP contribution in [-0.2, 0) is 9.59 Å². The molecule has 114 valence electrons. The van der Waals surface area contributed by atoms with Gasteiger partial charge in [-0.15, -0.1) is 0 Å². The van der Waals surface area contributed by atoms with Gasteiger partial charge in [0.25, 0.3) is 0 Å². The number of hydrogen-bond donors (Lipinski definition) is 3. The molecule has 0 radical (unpaired) electrons. The van der Waals surface area contributed by atoms with Gasteiger partial charge >= 0.3 is 12.0 Å². The molecular formula is C12H21N3O4S. The van der Waals surface area contributed by atoms with Crippen LogP contribution in [0.25, 0.3) is 0 Å². The highest BCUT2D eigenvalue weighted by molar-refractivity contribution is 8.00. The zero-order chi connectivity index (χ0) is 15.2. The molecular weight excluding hydrogens is 282 g/mol. The summed E-state index contributed by atoms with van der Waals surface area (Å²) in [5.41, 5.74) is 5.02. The van der Waals surface area contributed by atoms with E-state index in [2.05, 4.69) is 5.32 Å². The van der Waals surface area contributed by atoms with Crippen LogP contribution in [-0.4, -0.2) is 58.6 Å². The molecule has 0 aromatic heterocycles. The average molecular weight is 303 g/mol. The third kappa shape index (κ3) is 4.92. The second kappa shape index (κ2) is 7.37. The Labute approximate surface area is 122 Å². The molecule has 1 saturated carbocycles. The smallest absolute Gasteiger partial charge is 0.323 e. The summed E-state index contributed by atoms with van der Waals surface area (Å²) in [4.78, 5) is 34.5. The molecule has 1 rings (SSSR count). The second-order valence-corrected chi connectivity index (χ2v) is 6.24. The van der Waals surface area contributed by atoms with Gasteiger partial charge in [0.15, 0.2) is 0 Å². The molecule has 0 bridgehead atoms. The molecule has 4 N–H and O–H groups in total. The summed E-state index contributed by atoms with van der Waals surface area (Å²) >= 11 is 1.72. The fraction of sp³-hybridized carbons (Fsp3) is 0.750. The lowest BCUT2D eigenvalue weighted by Gasteiger charge is -2.28. The van der Waals surface area contributed by atoms with Crippen LogP contribution in [0.1, 0.15) is 25.7 Å². The number of thioether (sulfide) groups is 1. The monoisotopic (exact) mass is 303 g/mol. The van der Waals surface area contributed by atoms with E-state index >= 15 is 0 Å². The number of carbonyl (C=O) groups is 3. The van der Waals surface area contributed by atoms with Crippen LogP contribution in [0.3, 0.4) is 0 Å². The average Bonchev–Trinajstić information content (AvgIpc) is 2.83. The van der Waals surface area contributed by atoms with Crippen molar-refractivity contribution in [2.24, 2.45) is 5.73 Å². The Morgan fingerprint density at radius 3 is 2.35 bits per heavy atom. The van der Waals surface area contributed by atoms with E-state index in [0.29, 0.717) is 6.54 Å². The van der Waals surface area contributed by atoms with Crippen molar-refractivity contribution in [1.82, 2.24) is 10.2 Å². The lowest BCUT2D eigenvalue weighted by Crippen LogP contribution is -2.49. The number of nitrogens with zero attached hydrogens (tertiary/aromatic N) is 1. The Bertz CT molecular complexity index is 367. The Kier molecular flexibility index (Phi) is 6.12. The van der Waals surface area contributed by atoms with Crippen molar-refractivity contribution in [3.63, 3.8) is 0 Å². The number of aliphatic carboxylic acids is 1. The van der Waals surface area contributed by atoms with Crippen LogP contribution in [0, 0.1) is 0 Å². The summed E-state index contributed by atoms with van der Waals surface area (Å²) in [6.45, 7) is -0.465. The van der Waals surface area contributed by atoms with Gasteiger partial charge in [-0.2, -0.15) is 11.8 Å². The number of carboxylic acid groups (broad SMARTS) is 1. The van der Waals surface area contributed by atoms with Gasteiger partial charge in [-0.1, -0.05) is 12.8 Å². The number of nitrogens with one attached hydrogen (secondary N) is 1. The highest BCUT2D eigenvalue weighted by Crippen LogP contribution is 2.39. The van der Waals surface area contributed by atoms with Crippen molar-refractivity contribution >= 4 is 29.7 Å². The first kappa shape index (κ1) is 16.6. The third-order valence-corrected chi connectivity index (χ3v) is 4.89. The SMILES string of the molecule is CSC1(CNC(=O)N(CC(N)=O)CC(=O)O)CCCC1. The van der Waals surface area contributed by atoms with Crippen molar-refractivity contribution in [3.8, 4) is 0 Å². The van der Waals surface area contributed by atoms with Gasteiger partial charge in [-0.05, 0) is 19.1 Å². The minimum atomic E-state index is -1.18. The highest BCUT2D eigenvalue weighted by Gasteiger charge is 2.33. The third-order valence-electron chi connectivity index (χ3n) is 3.47. The number of urea groups is 1. The standard InChI is InChI=1S/C12H21N3O4S/c1-20-12(4-2-3-5-12)8-14-11(19)15(6-9(13)16)7-10(17)18/h2-8H2,1H3,(H2,13,16)(H,14,19)(H,17,18). The molecule has 8 heteroatoms. The normalized spacial score (nSPS) is 16.6. The first-order chi connectivity index (χ1) is 9.38. The molecule has 1 fully saturated rings. The minimum Gasteiger partial charge on any atom is -0.480 e. The maximum absolute atomic E-state index is 12.0. The number of carbonyl (C=O) groups excluding carboxylic acids is 2. The highest BCUT2D eigenvalue weighted by atomic mass is 32.2. The summed E-state index contributed by atoms with van der Waals surface area (Å²) in [7, 11) is 0. The first-order valence-corrected chi connectivity index (χ1v) is 7.69. The molecule has 0 aliphatic heterocycles. The first-order valence-electron chi connectivity index (χ1n) is 6.46. The number of hydrogen-bond acceptors (Lipinski definition) is 4. The topological polar surface area (TPSA) is 113 Å². The molecule has 0 spiro atoms.